The van der Waals surface area contributed by atoms with E-state index in [1.54, 1.807) is 0 Å². The summed E-state index contributed by atoms with van der Waals surface area (Å²) in [5.41, 5.74) is 5.55. The van der Waals surface area contributed by atoms with E-state index in [-0.39, 0.29) is 6.61 Å². The Morgan fingerprint density at radius 2 is 0.987 bits per heavy atom. The molecule has 5 heterocycles. The zero-order valence-corrected chi connectivity index (χ0v) is 42.2. The van der Waals surface area contributed by atoms with Gasteiger partial charge < -0.3 is 146 Å². The van der Waals surface area contributed by atoms with E-state index in [2.05, 4.69) is 16.0 Å². The number of carboxylic acid groups (broad SMARTS) is 1. The van der Waals surface area contributed by atoms with Crippen molar-refractivity contribution in [1.82, 2.24) is 16.0 Å². The van der Waals surface area contributed by atoms with E-state index in [0.29, 0.717) is 25.8 Å². The summed E-state index contributed by atoms with van der Waals surface area (Å²) in [6.07, 6.45) is -41.2. The van der Waals surface area contributed by atoms with Crippen molar-refractivity contribution in [3.63, 3.8) is 0 Å². The number of amides is 3. The molecule has 33 nitrogen and oxygen atoms in total. The first-order chi connectivity index (χ1) is 36.4. The predicted octanol–water partition coefficient (Wildman–Crippen LogP) is -11.1. The molecule has 0 aliphatic carbocycles. The summed E-state index contributed by atoms with van der Waals surface area (Å²) < 4.78 is 57.9. The average molecular weight is 1130 g/mol. The SMILES string of the molecule is CC(=O)N[C@H]1[C@H](OCCCCCN)O[C@H](CO)[C@H](O[C@@H]2O[C@H](CO)[C@@H](O[C@@H]3O[C@H](CO)[C@H](O[C@@H]4O[C@H](CO)[C@@H](O[C@@]5(C(=O)O)C[C@H](O)[C@@H](NC(C)=O)[C@H]([C@H](O)[C@H](O)CO)O5)[C@H](O)[C@H]4O)[C@H](O)[C@H]3NC(C)=O)[C@H](O)[C@H]2O)[C@@H]1O. The minimum absolute atomic E-state index is 0.124. The number of rotatable bonds is 25. The van der Waals surface area contributed by atoms with Crippen molar-refractivity contribution < 1.29 is 143 Å². The lowest BCUT2D eigenvalue weighted by atomic mass is 9.88. The van der Waals surface area contributed by atoms with Crippen LogP contribution in [0.25, 0.3) is 0 Å². The minimum Gasteiger partial charge on any atom is -0.477 e. The zero-order valence-electron chi connectivity index (χ0n) is 42.2. The summed E-state index contributed by atoms with van der Waals surface area (Å²) in [6.45, 7) is -1.34. The number of hydrogen-bond acceptors (Lipinski definition) is 29. The monoisotopic (exact) mass is 1120 g/mol. The van der Waals surface area contributed by atoms with Crippen molar-refractivity contribution in [2.75, 3.05) is 46.2 Å². The van der Waals surface area contributed by atoms with Gasteiger partial charge in [0.15, 0.2) is 25.2 Å². The van der Waals surface area contributed by atoms with Crippen LogP contribution in [0, 0.1) is 0 Å². The van der Waals surface area contributed by atoms with Crippen LogP contribution < -0.4 is 21.7 Å². The molecular formula is C44H76N4O29. The topological polar surface area (TPSA) is 526 Å². The molecule has 0 radical (unpaired) electrons. The smallest absolute Gasteiger partial charge is 0.364 e. The first-order valence-electron chi connectivity index (χ1n) is 24.9. The Morgan fingerprint density at radius 3 is 1.44 bits per heavy atom. The van der Waals surface area contributed by atoms with Gasteiger partial charge in [0.05, 0.1) is 45.2 Å². The summed E-state index contributed by atoms with van der Waals surface area (Å²) in [5.74, 6) is -7.37. The molecule has 0 unspecified atom stereocenters. The highest BCUT2D eigenvalue weighted by Gasteiger charge is 2.61. The van der Waals surface area contributed by atoms with Crippen LogP contribution in [0.3, 0.4) is 0 Å². The fraction of sp³-hybridized carbons (Fsp3) is 0.909. The van der Waals surface area contributed by atoms with Crippen LogP contribution in [0.4, 0.5) is 0 Å². The largest absolute Gasteiger partial charge is 0.477 e. The Labute approximate surface area is 439 Å². The lowest BCUT2D eigenvalue weighted by molar-refractivity contribution is -0.388. The third kappa shape index (κ3) is 15.3. The number of carbonyl (C=O) groups is 4. The van der Waals surface area contributed by atoms with Crippen molar-refractivity contribution in [2.24, 2.45) is 5.73 Å². The molecule has 0 saturated carbocycles. The molecule has 20 N–H and O–H groups in total. The maximum absolute atomic E-state index is 12.9. The van der Waals surface area contributed by atoms with Gasteiger partial charge in [-0.1, -0.05) is 0 Å². The van der Waals surface area contributed by atoms with Gasteiger partial charge in [-0.2, -0.15) is 0 Å². The normalized spacial score (nSPS) is 42.4. The van der Waals surface area contributed by atoms with Crippen molar-refractivity contribution in [3.05, 3.63) is 0 Å². The average Bonchev–Trinajstić information content (AvgIpc) is 3.41. The number of unbranched alkanes of at least 4 members (excludes halogenated alkanes) is 2. The van der Waals surface area contributed by atoms with Gasteiger partial charge in [-0.3, -0.25) is 14.4 Å². The molecule has 5 saturated heterocycles. The first-order valence-corrected chi connectivity index (χ1v) is 24.9. The molecule has 0 aromatic heterocycles. The Balaban J connectivity index is 1.31. The molecule has 5 fully saturated rings. The van der Waals surface area contributed by atoms with Gasteiger partial charge in [-0.15, -0.1) is 0 Å². The highest BCUT2D eigenvalue weighted by molar-refractivity contribution is 5.77. The van der Waals surface area contributed by atoms with E-state index in [4.69, 9.17) is 53.1 Å². The molecular weight excluding hydrogens is 1050 g/mol. The molecule has 0 aromatic carbocycles. The van der Waals surface area contributed by atoms with Crippen LogP contribution in [0.2, 0.25) is 0 Å². The van der Waals surface area contributed by atoms with E-state index >= 15 is 0 Å². The lowest BCUT2D eigenvalue weighted by Gasteiger charge is -2.51. The van der Waals surface area contributed by atoms with Gasteiger partial charge in [-0.05, 0) is 25.8 Å². The third-order valence-corrected chi connectivity index (χ3v) is 13.6. The number of carboxylic acids is 1. The van der Waals surface area contributed by atoms with Crippen LogP contribution in [0.5, 0.6) is 0 Å². The molecule has 5 rings (SSSR count). The van der Waals surface area contributed by atoms with Crippen molar-refractivity contribution >= 4 is 23.7 Å². The second-order valence-electron chi connectivity index (χ2n) is 19.3. The number of carbonyl (C=O) groups excluding carboxylic acids is 3. The number of aliphatic hydroxyl groups excluding tert-OH is 14. The molecule has 5 aliphatic rings. The summed E-state index contributed by atoms with van der Waals surface area (Å²) in [5, 5.41) is 170. The quantitative estimate of drug-likeness (QED) is 0.0378. The third-order valence-electron chi connectivity index (χ3n) is 13.6. The van der Waals surface area contributed by atoms with Gasteiger partial charge in [0, 0.05) is 33.8 Å². The highest BCUT2D eigenvalue weighted by Crippen LogP contribution is 2.39. The first kappa shape index (κ1) is 64.7. The molecule has 77 heavy (non-hydrogen) atoms. The number of ether oxygens (including phenoxy) is 10. The van der Waals surface area contributed by atoms with Crippen LogP contribution in [-0.4, -0.2) is 305 Å². The number of nitrogens with two attached hydrogens (primary N) is 1. The predicted molar refractivity (Wildman–Crippen MR) is 245 cm³/mol. The molecule has 3 amide bonds. The fourth-order valence-electron chi connectivity index (χ4n) is 9.70. The minimum atomic E-state index is -3.10. The van der Waals surface area contributed by atoms with Crippen molar-refractivity contribution in [1.29, 1.82) is 0 Å². The van der Waals surface area contributed by atoms with Gasteiger partial charge >= 0.3 is 5.97 Å². The number of nitrogens with one attached hydrogen (secondary N) is 3. The number of aliphatic carboxylic acids is 1. The second kappa shape index (κ2) is 29.0. The molecule has 5 aliphatic heterocycles. The maximum atomic E-state index is 12.9. The van der Waals surface area contributed by atoms with Gasteiger partial charge in [0.25, 0.3) is 5.79 Å². The van der Waals surface area contributed by atoms with E-state index in [1.165, 1.54) is 0 Å². The zero-order chi connectivity index (χ0) is 57.2. The van der Waals surface area contributed by atoms with Crippen molar-refractivity contribution in [2.45, 2.75) is 205 Å². The molecule has 0 bridgehead atoms. The maximum Gasteiger partial charge on any atom is 0.364 e. The Bertz CT molecular complexity index is 1880. The Hall–Kier alpha value is -3.12. The van der Waals surface area contributed by atoms with Crippen LogP contribution in [-0.2, 0) is 66.5 Å². The van der Waals surface area contributed by atoms with E-state index < -0.39 is 222 Å². The van der Waals surface area contributed by atoms with E-state index in [9.17, 15) is 95.8 Å². The fourth-order valence-corrected chi connectivity index (χ4v) is 9.70. The van der Waals surface area contributed by atoms with Crippen LogP contribution >= 0.6 is 0 Å². The van der Waals surface area contributed by atoms with Gasteiger partial charge in [-0.25, -0.2) is 4.79 Å². The molecule has 0 aromatic rings. The molecule has 33 heteroatoms. The molecule has 0 spiro atoms. The van der Waals surface area contributed by atoms with Crippen molar-refractivity contribution in [3.8, 4) is 0 Å². The Kier molecular flexibility index (Phi) is 24.4. The molecule has 26 atom stereocenters. The summed E-state index contributed by atoms with van der Waals surface area (Å²) in [4.78, 5) is 49.6. The number of aliphatic hydroxyl groups is 14. The summed E-state index contributed by atoms with van der Waals surface area (Å²) in [6, 6.07) is -4.67. The Morgan fingerprint density at radius 1 is 0.571 bits per heavy atom. The summed E-state index contributed by atoms with van der Waals surface area (Å²) >= 11 is 0. The lowest BCUT2D eigenvalue weighted by Crippen LogP contribution is -2.71. The van der Waals surface area contributed by atoms with Crippen LogP contribution in [0.15, 0.2) is 0 Å². The number of hydrogen-bond donors (Lipinski definition) is 19. The standard InChI is InChI=1S/C44H76N4O29/c1-15(54)46-24-18(57)9-44(43(66)67,77-38(24)27(59)19(58)10-49)76-37-23(14-53)72-42(33(65)31(37)63)75-35-21(12-51)70-40(26(29(35)61)48-17(3)56)73-36-22(13-52)71-41(32(64)30(36)62)74-34-20(11-50)69-39(68-8-6-4-5-7-45)25(28(34)60)47-16(2)55/h18-42,49-53,57-65H,4-14,45H2,1-3H3,(H,46,54)(H,47,55)(H,48,56)(H,66,67)/t18-,19+,20+,21+,22+,23+,24+,25+,26+,27+,28+,29+,30+,31+,32+,33+,34-,35-,36+,37+,38+,39+,40-,41-,42-,44-/m0/s1. The molecule has 446 valence electrons. The van der Waals surface area contributed by atoms with Gasteiger partial charge in [0.2, 0.25) is 17.7 Å². The van der Waals surface area contributed by atoms with E-state index in [0.717, 1.165) is 20.8 Å². The second-order valence-corrected chi connectivity index (χ2v) is 19.3. The van der Waals surface area contributed by atoms with Crippen LogP contribution in [0.1, 0.15) is 46.5 Å². The van der Waals surface area contributed by atoms with Gasteiger partial charge in [0.1, 0.15) is 116 Å². The summed E-state index contributed by atoms with van der Waals surface area (Å²) in [7, 11) is 0. The van der Waals surface area contributed by atoms with E-state index in [1.807, 2.05) is 0 Å². The highest BCUT2D eigenvalue weighted by atomic mass is 16.8.